The van der Waals surface area contributed by atoms with Crippen LogP contribution in [-0.4, -0.2) is 4.98 Å². The van der Waals surface area contributed by atoms with Gasteiger partial charge in [-0.15, -0.1) is 0 Å². The molecule has 2 aromatic carbocycles. The molecule has 3 nitrogen and oxygen atoms in total. The molecule has 0 saturated carbocycles. The highest BCUT2D eigenvalue weighted by atomic mass is 32.2. The van der Waals surface area contributed by atoms with Gasteiger partial charge < -0.3 is 10.2 Å². The fourth-order valence-electron chi connectivity index (χ4n) is 1.70. The molecule has 18 heavy (non-hydrogen) atoms. The van der Waals surface area contributed by atoms with Crippen molar-refractivity contribution in [1.29, 1.82) is 0 Å². The number of oxazole rings is 1. The van der Waals surface area contributed by atoms with E-state index in [1.807, 2.05) is 18.2 Å². The van der Waals surface area contributed by atoms with Gasteiger partial charge in [0.1, 0.15) is 5.52 Å². The zero-order valence-corrected chi connectivity index (χ0v) is 10.7. The summed E-state index contributed by atoms with van der Waals surface area (Å²) in [6.07, 6.45) is 0. The number of hydrogen-bond donors (Lipinski definition) is 1. The predicted molar refractivity (Wildman–Crippen MR) is 73.7 cm³/mol. The molecule has 3 rings (SSSR count). The molecule has 0 aliphatic heterocycles. The lowest BCUT2D eigenvalue weighted by Gasteiger charge is -1.96. The van der Waals surface area contributed by atoms with Crippen molar-refractivity contribution in [2.24, 2.45) is 0 Å². The molecule has 90 valence electrons. The molecule has 0 aliphatic carbocycles. The molecule has 0 saturated heterocycles. The van der Waals surface area contributed by atoms with Crippen molar-refractivity contribution in [3.8, 4) is 0 Å². The lowest BCUT2D eigenvalue weighted by Crippen LogP contribution is -1.84. The van der Waals surface area contributed by atoms with Gasteiger partial charge in [0, 0.05) is 4.90 Å². The summed E-state index contributed by atoms with van der Waals surface area (Å²) in [6.45, 7) is 2.06. The molecule has 2 N–H and O–H groups in total. The Morgan fingerprint density at radius 2 is 1.89 bits per heavy atom. The lowest BCUT2D eigenvalue weighted by atomic mass is 10.2. The van der Waals surface area contributed by atoms with Gasteiger partial charge in [0.15, 0.2) is 5.58 Å². The van der Waals surface area contributed by atoms with E-state index < -0.39 is 0 Å². The second-order valence-electron chi connectivity index (χ2n) is 4.09. The lowest BCUT2D eigenvalue weighted by molar-refractivity contribution is 0.489. The van der Waals surface area contributed by atoms with Gasteiger partial charge in [-0.05, 0) is 43.0 Å². The summed E-state index contributed by atoms with van der Waals surface area (Å²) in [6, 6.07) is 13.8. The van der Waals surface area contributed by atoms with Crippen molar-refractivity contribution in [1.82, 2.24) is 4.98 Å². The Labute approximate surface area is 109 Å². The van der Waals surface area contributed by atoms with Gasteiger partial charge in [0.2, 0.25) is 0 Å². The number of rotatable bonds is 2. The van der Waals surface area contributed by atoms with E-state index in [0.29, 0.717) is 10.9 Å². The minimum atomic E-state index is 0.617. The summed E-state index contributed by atoms with van der Waals surface area (Å²) in [7, 11) is 0. The Balaban J connectivity index is 1.95. The maximum atomic E-state index is 5.85. The first-order chi connectivity index (χ1) is 8.72. The molecule has 0 atom stereocenters. The summed E-state index contributed by atoms with van der Waals surface area (Å²) in [4.78, 5) is 5.50. The molecule has 0 radical (unpaired) electrons. The normalized spacial score (nSPS) is 10.9. The number of aromatic nitrogens is 1. The van der Waals surface area contributed by atoms with Crippen molar-refractivity contribution >= 4 is 28.5 Å². The van der Waals surface area contributed by atoms with Crippen molar-refractivity contribution in [2.75, 3.05) is 5.73 Å². The van der Waals surface area contributed by atoms with Gasteiger partial charge in [-0.1, -0.05) is 23.8 Å². The molecular formula is C14H12N2OS. The van der Waals surface area contributed by atoms with Crippen LogP contribution in [-0.2, 0) is 0 Å². The molecule has 0 aliphatic rings. The number of para-hydroxylation sites is 1. The summed E-state index contributed by atoms with van der Waals surface area (Å²) in [5.41, 5.74) is 9.19. The molecule has 1 heterocycles. The van der Waals surface area contributed by atoms with E-state index in [2.05, 4.69) is 36.2 Å². The topological polar surface area (TPSA) is 52.0 Å². The number of anilines is 1. The molecule has 4 heteroatoms. The van der Waals surface area contributed by atoms with Crippen molar-refractivity contribution in [2.45, 2.75) is 17.0 Å². The van der Waals surface area contributed by atoms with E-state index in [1.165, 1.54) is 17.3 Å². The van der Waals surface area contributed by atoms with E-state index in [0.717, 1.165) is 16.0 Å². The first-order valence-electron chi connectivity index (χ1n) is 5.62. The fraction of sp³-hybridized carbons (Fsp3) is 0.0714. The van der Waals surface area contributed by atoms with E-state index in [4.69, 9.17) is 10.2 Å². The van der Waals surface area contributed by atoms with E-state index >= 15 is 0 Å². The largest absolute Gasteiger partial charge is 0.431 e. The predicted octanol–water partition coefficient (Wildman–Crippen LogP) is 3.87. The summed E-state index contributed by atoms with van der Waals surface area (Å²) >= 11 is 1.50. The number of benzene rings is 2. The van der Waals surface area contributed by atoms with Gasteiger partial charge >= 0.3 is 0 Å². The van der Waals surface area contributed by atoms with Crippen LogP contribution in [0.25, 0.3) is 11.1 Å². The monoisotopic (exact) mass is 256 g/mol. The molecule has 0 spiro atoms. The summed E-state index contributed by atoms with van der Waals surface area (Å²) < 4.78 is 5.65. The van der Waals surface area contributed by atoms with Gasteiger partial charge in [0.05, 0.1) is 5.69 Å². The van der Waals surface area contributed by atoms with E-state index in [1.54, 1.807) is 0 Å². The Morgan fingerprint density at radius 3 is 2.61 bits per heavy atom. The number of nitrogens with two attached hydrogens (primary N) is 1. The fourth-order valence-corrected chi connectivity index (χ4v) is 2.44. The molecule has 0 fully saturated rings. The van der Waals surface area contributed by atoms with Gasteiger partial charge in [-0.25, -0.2) is 4.98 Å². The van der Waals surface area contributed by atoms with E-state index in [-0.39, 0.29) is 0 Å². The minimum Gasteiger partial charge on any atom is -0.431 e. The summed E-state index contributed by atoms with van der Waals surface area (Å²) in [5.74, 6) is 0. The second kappa shape index (κ2) is 4.38. The van der Waals surface area contributed by atoms with Gasteiger partial charge in [0.25, 0.3) is 5.22 Å². The Bertz CT molecular complexity index is 689. The Morgan fingerprint density at radius 1 is 1.11 bits per heavy atom. The number of nitrogens with zero attached hydrogens (tertiary/aromatic N) is 1. The molecule has 0 unspecified atom stereocenters. The van der Waals surface area contributed by atoms with Crippen molar-refractivity contribution < 1.29 is 4.42 Å². The highest BCUT2D eigenvalue weighted by Crippen LogP contribution is 2.31. The third-order valence-corrected chi connectivity index (χ3v) is 3.51. The van der Waals surface area contributed by atoms with Crippen LogP contribution >= 0.6 is 11.8 Å². The van der Waals surface area contributed by atoms with Crippen LogP contribution in [0.1, 0.15) is 5.56 Å². The van der Waals surface area contributed by atoms with Crippen molar-refractivity contribution in [3.05, 3.63) is 48.0 Å². The van der Waals surface area contributed by atoms with Crippen molar-refractivity contribution in [3.63, 3.8) is 0 Å². The molecular weight excluding hydrogens is 244 g/mol. The zero-order chi connectivity index (χ0) is 12.5. The molecule has 0 bridgehead atoms. The standard InChI is InChI=1S/C14H12N2OS/c1-9-5-7-10(8-6-9)18-14-16-13-11(15)3-2-4-12(13)17-14/h2-8H,15H2,1H3. The smallest absolute Gasteiger partial charge is 0.261 e. The summed E-state index contributed by atoms with van der Waals surface area (Å²) in [5, 5.41) is 0.617. The molecule has 3 aromatic rings. The maximum Gasteiger partial charge on any atom is 0.261 e. The van der Waals surface area contributed by atoms with Gasteiger partial charge in [-0.3, -0.25) is 0 Å². The quantitative estimate of drug-likeness (QED) is 0.707. The maximum absolute atomic E-state index is 5.85. The van der Waals surface area contributed by atoms with Crippen LogP contribution in [0.5, 0.6) is 0 Å². The van der Waals surface area contributed by atoms with Gasteiger partial charge in [-0.2, -0.15) is 0 Å². The number of aryl methyl sites for hydroxylation is 1. The number of nitrogen functional groups attached to an aromatic ring is 1. The average molecular weight is 256 g/mol. The molecule has 1 aromatic heterocycles. The van der Waals surface area contributed by atoms with Crippen LogP contribution in [0.3, 0.4) is 0 Å². The molecule has 0 amide bonds. The highest BCUT2D eigenvalue weighted by molar-refractivity contribution is 7.99. The number of hydrogen-bond acceptors (Lipinski definition) is 4. The SMILES string of the molecule is Cc1ccc(Sc2nc3c(N)cccc3o2)cc1. The third-order valence-electron chi connectivity index (χ3n) is 2.66. The zero-order valence-electron chi connectivity index (χ0n) is 9.88. The number of fused-ring (bicyclic) bond motifs is 1. The first-order valence-corrected chi connectivity index (χ1v) is 6.43. The van der Waals surface area contributed by atoms with Crippen LogP contribution in [0, 0.1) is 6.92 Å². The third kappa shape index (κ3) is 2.07. The Kier molecular flexibility index (Phi) is 2.72. The Hall–Kier alpha value is -1.94. The van der Waals surface area contributed by atoms with Crippen LogP contribution in [0.15, 0.2) is 57.0 Å². The minimum absolute atomic E-state index is 0.617. The highest BCUT2D eigenvalue weighted by Gasteiger charge is 2.09. The second-order valence-corrected chi connectivity index (χ2v) is 5.11. The van der Waals surface area contributed by atoms with Crippen LogP contribution in [0.4, 0.5) is 5.69 Å². The van der Waals surface area contributed by atoms with Crippen LogP contribution < -0.4 is 5.73 Å². The van der Waals surface area contributed by atoms with E-state index in [9.17, 15) is 0 Å². The first kappa shape index (κ1) is 11.2. The van der Waals surface area contributed by atoms with Crippen LogP contribution in [0.2, 0.25) is 0 Å². The average Bonchev–Trinajstić information content (AvgIpc) is 2.76.